The molecule has 9 heteroatoms. The Kier molecular flexibility index (Phi) is 3.26. The number of hydrogen-bond donors (Lipinski definition) is 1. The van der Waals surface area contributed by atoms with Crippen molar-refractivity contribution in [1.82, 2.24) is 24.5 Å². The van der Waals surface area contributed by atoms with Gasteiger partial charge in [0.1, 0.15) is 12.1 Å². The molecule has 0 bridgehead atoms. The minimum atomic E-state index is -3.09. The van der Waals surface area contributed by atoms with Crippen LogP contribution in [0.4, 0.5) is 5.82 Å². The topological polar surface area (TPSA) is 92.5 Å². The van der Waals surface area contributed by atoms with E-state index in [1.54, 1.807) is 10.8 Å². The monoisotopic (exact) mass is 322 g/mol. The minimum absolute atomic E-state index is 0.0421. The van der Waals surface area contributed by atoms with Gasteiger partial charge >= 0.3 is 0 Å². The van der Waals surface area contributed by atoms with Gasteiger partial charge in [0.25, 0.3) is 0 Å². The Labute approximate surface area is 128 Å². The van der Waals surface area contributed by atoms with Crippen LogP contribution in [0.1, 0.15) is 25.7 Å². The fraction of sp³-hybridized carbons (Fsp3) is 0.615. The number of hydrogen-bond acceptors (Lipinski definition) is 6. The van der Waals surface area contributed by atoms with Crippen LogP contribution in [-0.4, -0.2) is 52.6 Å². The first-order chi connectivity index (χ1) is 10.6. The van der Waals surface area contributed by atoms with Crippen molar-refractivity contribution in [3.8, 4) is 0 Å². The van der Waals surface area contributed by atoms with Crippen LogP contribution in [0.5, 0.6) is 0 Å². The second-order valence-electron chi connectivity index (χ2n) is 5.95. The molecule has 22 heavy (non-hydrogen) atoms. The molecule has 2 aromatic rings. The van der Waals surface area contributed by atoms with Gasteiger partial charge in [-0.15, -0.1) is 15.3 Å². The SMILES string of the molecule is O=S(=O)(NC1CCN(c2ccc3nncn3n2)CC1)C1CC1. The molecular weight excluding hydrogens is 304 g/mol. The number of fused-ring (bicyclic) bond motifs is 1. The third-order valence-corrected chi connectivity index (χ3v) is 6.27. The van der Waals surface area contributed by atoms with Crippen molar-refractivity contribution in [1.29, 1.82) is 0 Å². The second-order valence-corrected chi connectivity index (χ2v) is 7.94. The molecule has 1 aliphatic heterocycles. The van der Waals surface area contributed by atoms with Crippen LogP contribution < -0.4 is 9.62 Å². The number of aromatic nitrogens is 4. The Morgan fingerprint density at radius 1 is 1.14 bits per heavy atom. The van der Waals surface area contributed by atoms with E-state index in [4.69, 9.17) is 0 Å². The lowest BCUT2D eigenvalue weighted by molar-refractivity contribution is 0.457. The van der Waals surface area contributed by atoms with Crippen LogP contribution in [0, 0.1) is 0 Å². The van der Waals surface area contributed by atoms with Crippen molar-refractivity contribution < 1.29 is 8.42 Å². The lowest BCUT2D eigenvalue weighted by atomic mass is 10.1. The summed E-state index contributed by atoms with van der Waals surface area (Å²) in [5.74, 6) is 0.871. The van der Waals surface area contributed by atoms with Crippen molar-refractivity contribution in [3.63, 3.8) is 0 Å². The molecule has 3 heterocycles. The van der Waals surface area contributed by atoms with Gasteiger partial charge in [-0.3, -0.25) is 0 Å². The van der Waals surface area contributed by atoms with Gasteiger partial charge in [0.2, 0.25) is 10.0 Å². The summed E-state index contributed by atoms with van der Waals surface area (Å²) in [4.78, 5) is 2.17. The summed E-state index contributed by atoms with van der Waals surface area (Å²) in [5, 5.41) is 12.1. The van der Waals surface area contributed by atoms with Gasteiger partial charge in [0.05, 0.1) is 5.25 Å². The van der Waals surface area contributed by atoms with Crippen LogP contribution in [0.2, 0.25) is 0 Å². The average Bonchev–Trinajstić information content (AvgIpc) is 3.27. The molecule has 0 spiro atoms. The Bertz CT molecular complexity index is 777. The molecule has 1 saturated carbocycles. The smallest absolute Gasteiger partial charge is 0.214 e. The molecule has 0 unspecified atom stereocenters. The van der Waals surface area contributed by atoms with E-state index in [1.165, 1.54) is 0 Å². The van der Waals surface area contributed by atoms with Gasteiger partial charge in [-0.25, -0.2) is 13.1 Å². The predicted octanol–water partition coefficient (Wildman–Crippen LogP) is 0.175. The third-order valence-electron chi connectivity index (χ3n) is 4.26. The summed E-state index contributed by atoms with van der Waals surface area (Å²) in [5.41, 5.74) is 0.718. The van der Waals surface area contributed by atoms with Gasteiger partial charge in [-0.05, 0) is 37.8 Å². The van der Waals surface area contributed by atoms with Crippen LogP contribution in [-0.2, 0) is 10.0 Å². The van der Waals surface area contributed by atoms with Crippen molar-refractivity contribution >= 4 is 21.5 Å². The molecular formula is C13H18N6O2S. The van der Waals surface area contributed by atoms with Crippen LogP contribution in [0.25, 0.3) is 5.65 Å². The van der Waals surface area contributed by atoms with Crippen LogP contribution >= 0.6 is 0 Å². The molecule has 0 radical (unpaired) electrons. The first-order valence-corrected chi connectivity index (χ1v) is 9.10. The Hall–Kier alpha value is -1.74. The molecule has 0 atom stereocenters. The third kappa shape index (κ3) is 2.66. The van der Waals surface area contributed by atoms with Gasteiger partial charge in [-0.2, -0.15) is 4.52 Å². The fourth-order valence-electron chi connectivity index (χ4n) is 2.82. The van der Waals surface area contributed by atoms with E-state index in [9.17, 15) is 8.42 Å². The zero-order valence-corrected chi connectivity index (χ0v) is 12.9. The lowest BCUT2D eigenvalue weighted by Gasteiger charge is -2.32. The number of piperidine rings is 1. The van der Waals surface area contributed by atoms with Gasteiger partial charge in [0, 0.05) is 19.1 Å². The van der Waals surface area contributed by atoms with E-state index >= 15 is 0 Å². The predicted molar refractivity (Wildman–Crippen MR) is 81.1 cm³/mol. The van der Waals surface area contributed by atoms with Crippen LogP contribution in [0.15, 0.2) is 18.5 Å². The zero-order valence-electron chi connectivity index (χ0n) is 12.1. The van der Waals surface area contributed by atoms with E-state index in [-0.39, 0.29) is 11.3 Å². The molecule has 0 aromatic carbocycles. The van der Waals surface area contributed by atoms with E-state index in [0.29, 0.717) is 0 Å². The Balaban J connectivity index is 1.40. The quantitative estimate of drug-likeness (QED) is 0.863. The minimum Gasteiger partial charge on any atom is -0.355 e. The molecule has 2 aromatic heterocycles. The highest BCUT2D eigenvalue weighted by Crippen LogP contribution is 2.28. The maximum atomic E-state index is 12.0. The number of sulfonamides is 1. The van der Waals surface area contributed by atoms with E-state index < -0.39 is 10.0 Å². The van der Waals surface area contributed by atoms with Gasteiger partial charge in [-0.1, -0.05) is 0 Å². The molecule has 8 nitrogen and oxygen atoms in total. The standard InChI is InChI=1S/C13H18N6O2S/c20-22(21,11-1-2-11)17-10-5-7-18(8-6-10)13-4-3-12-15-14-9-19(12)16-13/h3-4,9-11,17H,1-2,5-8H2. The number of nitrogens with zero attached hydrogens (tertiary/aromatic N) is 5. The highest BCUT2D eigenvalue weighted by Gasteiger charge is 2.37. The molecule has 2 fully saturated rings. The zero-order chi connectivity index (χ0) is 15.2. The average molecular weight is 322 g/mol. The summed E-state index contributed by atoms with van der Waals surface area (Å²) in [6.07, 6.45) is 4.78. The molecule has 1 aliphatic carbocycles. The summed E-state index contributed by atoms with van der Waals surface area (Å²) >= 11 is 0. The van der Waals surface area contributed by atoms with Crippen molar-refractivity contribution in [2.24, 2.45) is 0 Å². The maximum absolute atomic E-state index is 12.0. The summed E-state index contributed by atoms with van der Waals surface area (Å²) in [6, 6.07) is 3.86. The Morgan fingerprint density at radius 2 is 1.91 bits per heavy atom. The molecule has 118 valence electrons. The number of anilines is 1. The first kappa shape index (κ1) is 13.9. The molecule has 1 saturated heterocycles. The molecule has 4 rings (SSSR count). The largest absolute Gasteiger partial charge is 0.355 e. The molecule has 2 aliphatic rings. The van der Waals surface area contributed by atoms with Gasteiger partial charge in [0.15, 0.2) is 5.65 Å². The van der Waals surface area contributed by atoms with E-state index in [1.807, 2.05) is 12.1 Å². The molecule has 0 amide bonds. The first-order valence-electron chi connectivity index (χ1n) is 7.55. The highest BCUT2D eigenvalue weighted by molar-refractivity contribution is 7.90. The lowest BCUT2D eigenvalue weighted by Crippen LogP contribution is -2.45. The Morgan fingerprint density at radius 3 is 2.64 bits per heavy atom. The van der Waals surface area contributed by atoms with Crippen LogP contribution in [0.3, 0.4) is 0 Å². The number of nitrogens with one attached hydrogen (secondary N) is 1. The van der Waals surface area contributed by atoms with Crippen molar-refractivity contribution in [3.05, 3.63) is 18.5 Å². The second kappa shape index (κ2) is 5.17. The fourth-order valence-corrected chi connectivity index (χ4v) is 4.47. The normalized spacial score (nSPS) is 20.6. The molecule has 1 N–H and O–H groups in total. The van der Waals surface area contributed by atoms with Crippen molar-refractivity contribution in [2.45, 2.75) is 37.0 Å². The summed E-state index contributed by atoms with van der Waals surface area (Å²) in [6.45, 7) is 1.58. The maximum Gasteiger partial charge on any atom is 0.214 e. The highest BCUT2D eigenvalue weighted by atomic mass is 32.2. The van der Waals surface area contributed by atoms with E-state index in [0.717, 1.165) is 50.2 Å². The summed E-state index contributed by atoms with van der Waals surface area (Å²) < 4.78 is 28.5. The number of rotatable bonds is 4. The van der Waals surface area contributed by atoms with E-state index in [2.05, 4.69) is 24.9 Å². The summed E-state index contributed by atoms with van der Waals surface area (Å²) in [7, 11) is -3.09. The van der Waals surface area contributed by atoms with Crippen molar-refractivity contribution in [2.75, 3.05) is 18.0 Å². The van der Waals surface area contributed by atoms with Gasteiger partial charge < -0.3 is 4.90 Å².